The summed E-state index contributed by atoms with van der Waals surface area (Å²) >= 11 is 6.15. The number of alkyl halides is 1. The number of aryl methyl sites for hydroxylation is 1. The van der Waals surface area contributed by atoms with Crippen molar-refractivity contribution in [2.45, 2.75) is 38.6 Å². The van der Waals surface area contributed by atoms with Crippen molar-refractivity contribution >= 4 is 22.6 Å². The van der Waals surface area contributed by atoms with Crippen LogP contribution in [0.2, 0.25) is 0 Å². The predicted molar refractivity (Wildman–Crippen MR) is 84.4 cm³/mol. The Morgan fingerprint density at radius 1 is 1.40 bits per heavy atom. The Bertz CT molecular complexity index is 605. The molecule has 108 valence electrons. The maximum atomic E-state index is 6.15. The van der Waals surface area contributed by atoms with E-state index < -0.39 is 0 Å². The summed E-state index contributed by atoms with van der Waals surface area (Å²) < 4.78 is 2.40. The van der Waals surface area contributed by atoms with Gasteiger partial charge in [0.05, 0.1) is 16.9 Å². The molecule has 20 heavy (non-hydrogen) atoms. The highest BCUT2D eigenvalue weighted by atomic mass is 35.5. The van der Waals surface area contributed by atoms with Gasteiger partial charge in [-0.2, -0.15) is 0 Å². The van der Waals surface area contributed by atoms with E-state index in [0.29, 0.717) is 11.9 Å². The van der Waals surface area contributed by atoms with Gasteiger partial charge in [0.2, 0.25) is 0 Å². The van der Waals surface area contributed by atoms with Gasteiger partial charge in [0.15, 0.2) is 0 Å². The van der Waals surface area contributed by atoms with Crippen molar-refractivity contribution in [2.75, 3.05) is 19.6 Å². The molecule has 0 bridgehead atoms. The monoisotopic (exact) mass is 291 g/mol. The molecule has 2 heterocycles. The van der Waals surface area contributed by atoms with E-state index in [4.69, 9.17) is 16.6 Å². The van der Waals surface area contributed by atoms with Gasteiger partial charge in [0.25, 0.3) is 0 Å². The van der Waals surface area contributed by atoms with Crippen LogP contribution >= 0.6 is 11.6 Å². The minimum absolute atomic E-state index is 0.483. The van der Waals surface area contributed by atoms with E-state index >= 15 is 0 Å². The zero-order valence-corrected chi connectivity index (χ0v) is 13.0. The number of hydrogen-bond donors (Lipinski definition) is 0. The van der Waals surface area contributed by atoms with E-state index in [9.17, 15) is 0 Å². The number of piperidine rings is 1. The standard InChI is InChI=1S/C16H22ClN3/c1-3-19-9-5-7-13(11-19)20-15(10-17)18-14-8-4-6-12(2)16(14)20/h4,6,8,13H,3,5,7,9-11H2,1-2H3. The second kappa shape index (κ2) is 5.74. The molecular weight excluding hydrogens is 270 g/mol. The maximum absolute atomic E-state index is 6.15. The number of fused-ring (bicyclic) bond motifs is 1. The first kappa shape index (κ1) is 13.9. The lowest BCUT2D eigenvalue weighted by Crippen LogP contribution is -2.36. The van der Waals surface area contributed by atoms with Gasteiger partial charge in [-0.15, -0.1) is 11.6 Å². The molecule has 1 aromatic heterocycles. The Labute approximate surface area is 125 Å². The van der Waals surface area contributed by atoms with Crippen molar-refractivity contribution in [2.24, 2.45) is 0 Å². The summed E-state index contributed by atoms with van der Waals surface area (Å²) in [7, 11) is 0. The number of hydrogen-bond acceptors (Lipinski definition) is 2. The predicted octanol–water partition coefficient (Wildman–Crippen LogP) is 3.74. The quantitative estimate of drug-likeness (QED) is 0.803. The largest absolute Gasteiger partial charge is 0.322 e. The average molecular weight is 292 g/mol. The van der Waals surface area contributed by atoms with Crippen LogP contribution in [0.15, 0.2) is 18.2 Å². The fourth-order valence-electron chi connectivity index (χ4n) is 3.39. The molecule has 0 saturated carbocycles. The molecule has 1 unspecified atom stereocenters. The molecule has 0 aliphatic carbocycles. The molecule has 0 N–H and O–H groups in total. The van der Waals surface area contributed by atoms with Crippen LogP contribution in [0.1, 0.15) is 37.2 Å². The number of likely N-dealkylation sites (N-methyl/N-ethyl adjacent to an activating group) is 1. The molecule has 0 spiro atoms. The van der Waals surface area contributed by atoms with Gasteiger partial charge in [0, 0.05) is 12.6 Å². The second-order valence-electron chi connectivity index (χ2n) is 5.66. The normalized spacial score (nSPS) is 20.6. The minimum Gasteiger partial charge on any atom is -0.322 e. The third-order valence-electron chi connectivity index (χ3n) is 4.40. The molecule has 1 saturated heterocycles. The van der Waals surface area contributed by atoms with Gasteiger partial charge in [-0.25, -0.2) is 4.98 Å². The molecule has 4 heteroatoms. The van der Waals surface area contributed by atoms with E-state index in [1.807, 2.05) is 0 Å². The van der Waals surface area contributed by atoms with Gasteiger partial charge in [-0.3, -0.25) is 0 Å². The third-order valence-corrected chi connectivity index (χ3v) is 4.64. The van der Waals surface area contributed by atoms with Crippen LogP contribution in [0.4, 0.5) is 0 Å². The van der Waals surface area contributed by atoms with Crippen LogP contribution in [0.3, 0.4) is 0 Å². The average Bonchev–Trinajstić information content (AvgIpc) is 2.87. The van der Waals surface area contributed by atoms with Crippen LogP contribution in [0, 0.1) is 6.92 Å². The lowest BCUT2D eigenvalue weighted by atomic mass is 10.0. The Morgan fingerprint density at radius 3 is 3.00 bits per heavy atom. The first-order valence-electron chi connectivity index (χ1n) is 7.49. The van der Waals surface area contributed by atoms with E-state index in [1.54, 1.807) is 0 Å². The number of halogens is 1. The first-order valence-corrected chi connectivity index (χ1v) is 8.02. The fraction of sp³-hybridized carbons (Fsp3) is 0.562. The molecule has 0 amide bonds. The Morgan fingerprint density at radius 2 is 2.25 bits per heavy atom. The zero-order chi connectivity index (χ0) is 14.1. The number of para-hydroxylation sites is 1. The molecule has 1 aliphatic rings. The van der Waals surface area contributed by atoms with Gasteiger partial charge in [-0.1, -0.05) is 19.1 Å². The van der Waals surface area contributed by atoms with Crippen molar-refractivity contribution in [3.63, 3.8) is 0 Å². The number of nitrogens with zero attached hydrogens (tertiary/aromatic N) is 3. The van der Waals surface area contributed by atoms with Crippen LogP contribution in [-0.2, 0) is 5.88 Å². The summed E-state index contributed by atoms with van der Waals surface area (Å²) in [5.74, 6) is 1.50. The molecular formula is C16H22ClN3. The number of rotatable bonds is 3. The number of aromatic nitrogens is 2. The molecule has 1 aliphatic heterocycles. The SMILES string of the molecule is CCN1CCCC(n2c(CCl)nc3cccc(C)c32)C1. The summed E-state index contributed by atoms with van der Waals surface area (Å²) in [6, 6.07) is 6.84. The highest BCUT2D eigenvalue weighted by molar-refractivity contribution is 6.16. The second-order valence-corrected chi connectivity index (χ2v) is 5.93. The van der Waals surface area contributed by atoms with Crippen molar-refractivity contribution in [3.05, 3.63) is 29.6 Å². The van der Waals surface area contributed by atoms with E-state index in [0.717, 1.165) is 24.4 Å². The van der Waals surface area contributed by atoms with Gasteiger partial charge in [0.1, 0.15) is 5.82 Å². The molecule has 1 fully saturated rings. The summed E-state index contributed by atoms with van der Waals surface area (Å²) in [5.41, 5.74) is 3.64. The summed E-state index contributed by atoms with van der Waals surface area (Å²) in [6.45, 7) is 7.86. The molecule has 3 rings (SSSR count). The van der Waals surface area contributed by atoms with E-state index in [2.05, 4.69) is 41.5 Å². The lowest BCUT2D eigenvalue weighted by Gasteiger charge is -2.33. The van der Waals surface area contributed by atoms with Crippen molar-refractivity contribution < 1.29 is 0 Å². The number of likely N-dealkylation sites (tertiary alicyclic amines) is 1. The Hall–Kier alpha value is -1.06. The third kappa shape index (κ3) is 2.33. The van der Waals surface area contributed by atoms with Crippen LogP contribution in [-0.4, -0.2) is 34.1 Å². The van der Waals surface area contributed by atoms with E-state index in [1.165, 1.54) is 30.5 Å². The summed E-state index contributed by atoms with van der Waals surface area (Å²) in [4.78, 5) is 7.25. The molecule has 1 aromatic carbocycles. The highest BCUT2D eigenvalue weighted by Gasteiger charge is 2.24. The minimum atomic E-state index is 0.483. The Kier molecular flexibility index (Phi) is 3.99. The van der Waals surface area contributed by atoms with Crippen molar-refractivity contribution in [1.29, 1.82) is 0 Å². The lowest BCUT2D eigenvalue weighted by molar-refractivity contribution is 0.186. The van der Waals surface area contributed by atoms with Gasteiger partial charge < -0.3 is 9.47 Å². The smallest absolute Gasteiger partial charge is 0.125 e. The van der Waals surface area contributed by atoms with E-state index in [-0.39, 0.29) is 0 Å². The fourth-order valence-corrected chi connectivity index (χ4v) is 3.57. The van der Waals surface area contributed by atoms with Crippen molar-refractivity contribution in [1.82, 2.24) is 14.5 Å². The molecule has 0 radical (unpaired) electrons. The first-order chi connectivity index (χ1) is 9.74. The highest BCUT2D eigenvalue weighted by Crippen LogP contribution is 2.30. The molecule has 3 nitrogen and oxygen atoms in total. The maximum Gasteiger partial charge on any atom is 0.125 e. The van der Waals surface area contributed by atoms with Gasteiger partial charge in [-0.05, 0) is 44.5 Å². The number of imidazole rings is 1. The molecule has 1 atom stereocenters. The van der Waals surface area contributed by atoms with Crippen LogP contribution in [0.25, 0.3) is 11.0 Å². The Balaban J connectivity index is 2.09. The summed E-state index contributed by atoms with van der Waals surface area (Å²) in [5, 5.41) is 0. The topological polar surface area (TPSA) is 21.1 Å². The van der Waals surface area contributed by atoms with Crippen molar-refractivity contribution in [3.8, 4) is 0 Å². The van der Waals surface area contributed by atoms with Crippen LogP contribution in [0.5, 0.6) is 0 Å². The van der Waals surface area contributed by atoms with Gasteiger partial charge >= 0.3 is 0 Å². The number of benzene rings is 1. The zero-order valence-electron chi connectivity index (χ0n) is 12.3. The summed E-state index contributed by atoms with van der Waals surface area (Å²) in [6.07, 6.45) is 2.48. The van der Waals surface area contributed by atoms with Crippen LogP contribution < -0.4 is 0 Å². The molecule has 2 aromatic rings.